The van der Waals surface area contributed by atoms with Gasteiger partial charge in [-0.25, -0.2) is 9.97 Å². The summed E-state index contributed by atoms with van der Waals surface area (Å²) in [6.45, 7) is 4.51. The number of hydrogen-bond acceptors (Lipinski definition) is 4. The van der Waals surface area contributed by atoms with E-state index in [2.05, 4.69) is 31.1 Å². The van der Waals surface area contributed by atoms with Gasteiger partial charge >= 0.3 is 0 Å². The summed E-state index contributed by atoms with van der Waals surface area (Å²) in [5, 5.41) is 3.25. The number of rotatable bonds is 4. The fourth-order valence-corrected chi connectivity index (χ4v) is 3.44. The van der Waals surface area contributed by atoms with Gasteiger partial charge < -0.3 is 10.2 Å². The van der Waals surface area contributed by atoms with Gasteiger partial charge in [0.2, 0.25) is 0 Å². The molecule has 0 atom stereocenters. The molecule has 0 saturated heterocycles. The molecular formula is C17H28N4. The summed E-state index contributed by atoms with van der Waals surface area (Å²) in [4.78, 5) is 12.0. The second-order valence-electron chi connectivity index (χ2n) is 6.93. The molecule has 3 rings (SSSR count). The van der Waals surface area contributed by atoms with E-state index in [0.29, 0.717) is 12.0 Å². The molecule has 0 aromatic carbocycles. The Hall–Kier alpha value is -1.32. The summed E-state index contributed by atoms with van der Waals surface area (Å²) in [5.41, 5.74) is 1.18. The van der Waals surface area contributed by atoms with E-state index in [1.165, 1.54) is 44.1 Å². The van der Waals surface area contributed by atoms with Gasteiger partial charge in [-0.1, -0.05) is 6.92 Å². The summed E-state index contributed by atoms with van der Waals surface area (Å²) < 4.78 is 0. The predicted molar refractivity (Wildman–Crippen MR) is 88.1 cm³/mol. The molecule has 0 spiro atoms. The van der Waals surface area contributed by atoms with Crippen molar-refractivity contribution in [3.63, 3.8) is 0 Å². The fraction of sp³-hybridized carbons (Fsp3) is 0.765. The average molecular weight is 288 g/mol. The Morgan fingerprint density at radius 2 is 1.71 bits per heavy atom. The normalized spacial score (nSPS) is 25.7. The smallest absolute Gasteiger partial charge is 0.137 e. The first-order valence-corrected chi connectivity index (χ1v) is 8.39. The molecule has 1 aromatic rings. The molecule has 0 unspecified atom stereocenters. The molecule has 1 aromatic heterocycles. The lowest BCUT2D eigenvalue weighted by Crippen LogP contribution is -2.36. The minimum absolute atomic E-state index is 0.594. The van der Waals surface area contributed by atoms with Gasteiger partial charge in [-0.05, 0) is 51.4 Å². The average Bonchev–Trinajstić information content (AvgIpc) is 3.32. The first-order chi connectivity index (χ1) is 10.1. The van der Waals surface area contributed by atoms with Crippen LogP contribution >= 0.6 is 0 Å². The quantitative estimate of drug-likeness (QED) is 0.917. The molecule has 4 heteroatoms. The minimum Gasteiger partial charge on any atom is -0.373 e. The van der Waals surface area contributed by atoms with Crippen LogP contribution in [0.1, 0.15) is 62.8 Å². The van der Waals surface area contributed by atoms with Crippen LogP contribution < -0.4 is 10.2 Å². The van der Waals surface area contributed by atoms with E-state index < -0.39 is 0 Å². The van der Waals surface area contributed by atoms with Crippen LogP contribution in [0.3, 0.4) is 0 Å². The molecule has 2 aliphatic carbocycles. The molecule has 2 fully saturated rings. The Morgan fingerprint density at radius 3 is 2.29 bits per heavy atom. The topological polar surface area (TPSA) is 41.1 Å². The lowest BCUT2D eigenvalue weighted by atomic mass is 9.86. The third-order valence-electron chi connectivity index (χ3n) is 5.18. The number of hydrogen-bond donors (Lipinski definition) is 1. The van der Waals surface area contributed by atoms with Gasteiger partial charge in [-0.15, -0.1) is 0 Å². The first kappa shape index (κ1) is 14.6. The molecule has 2 aliphatic rings. The van der Waals surface area contributed by atoms with Crippen molar-refractivity contribution in [3.05, 3.63) is 11.4 Å². The van der Waals surface area contributed by atoms with Crippen LogP contribution in [-0.2, 0) is 0 Å². The monoisotopic (exact) mass is 288 g/mol. The molecule has 1 heterocycles. The van der Waals surface area contributed by atoms with Crippen molar-refractivity contribution in [1.82, 2.24) is 9.97 Å². The summed E-state index contributed by atoms with van der Waals surface area (Å²) in [5.74, 6) is 4.65. The lowest BCUT2D eigenvalue weighted by molar-refractivity contribution is 0.339. The predicted octanol–water partition coefficient (Wildman–Crippen LogP) is 3.72. The summed E-state index contributed by atoms with van der Waals surface area (Å²) in [6.07, 6.45) is 7.75. The van der Waals surface area contributed by atoms with Crippen molar-refractivity contribution in [2.24, 2.45) is 5.92 Å². The number of nitrogens with zero attached hydrogens (tertiary/aromatic N) is 3. The number of nitrogens with one attached hydrogen (secondary N) is 1. The number of anilines is 2. The Morgan fingerprint density at radius 1 is 1.05 bits per heavy atom. The van der Waals surface area contributed by atoms with Gasteiger partial charge in [0.1, 0.15) is 17.5 Å². The van der Waals surface area contributed by atoms with E-state index in [1.54, 1.807) is 0 Å². The van der Waals surface area contributed by atoms with Crippen LogP contribution in [0.25, 0.3) is 0 Å². The standard InChI is InChI=1S/C17H28N4/c1-11-5-9-14(10-6-11)21(4)17-12(2)15(18-3)19-16(20-17)13-7-8-13/h11,13-14H,5-10H2,1-4H3,(H,18,19,20). The van der Waals surface area contributed by atoms with E-state index in [9.17, 15) is 0 Å². The highest BCUT2D eigenvalue weighted by Crippen LogP contribution is 2.40. The van der Waals surface area contributed by atoms with Gasteiger partial charge in [-0.3, -0.25) is 0 Å². The highest BCUT2D eigenvalue weighted by molar-refractivity contribution is 5.59. The van der Waals surface area contributed by atoms with Crippen LogP contribution in [-0.4, -0.2) is 30.1 Å². The van der Waals surface area contributed by atoms with E-state index in [4.69, 9.17) is 9.97 Å². The van der Waals surface area contributed by atoms with E-state index >= 15 is 0 Å². The van der Waals surface area contributed by atoms with Crippen LogP contribution in [0.15, 0.2) is 0 Å². The van der Waals surface area contributed by atoms with Crippen molar-refractivity contribution in [2.75, 3.05) is 24.3 Å². The molecule has 116 valence electrons. The van der Waals surface area contributed by atoms with Crippen molar-refractivity contribution < 1.29 is 0 Å². The van der Waals surface area contributed by atoms with Gasteiger partial charge in [0.05, 0.1) is 0 Å². The molecular weight excluding hydrogens is 260 g/mol. The Bertz CT molecular complexity index is 502. The molecule has 2 saturated carbocycles. The summed E-state index contributed by atoms with van der Waals surface area (Å²) >= 11 is 0. The zero-order valence-electron chi connectivity index (χ0n) is 13.8. The summed E-state index contributed by atoms with van der Waals surface area (Å²) in [6, 6.07) is 0.631. The molecule has 4 nitrogen and oxygen atoms in total. The largest absolute Gasteiger partial charge is 0.373 e. The second-order valence-corrected chi connectivity index (χ2v) is 6.93. The third-order valence-corrected chi connectivity index (χ3v) is 5.18. The highest BCUT2D eigenvalue weighted by Gasteiger charge is 2.30. The van der Waals surface area contributed by atoms with Crippen LogP contribution in [0.4, 0.5) is 11.6 Å². The van der Waals surface area contributed by atoms with Gasteiger partial charge in [0.15, 0.2) is 0 Å². The molecule has 0 amide bonds. The van der Waals surface area contributed by atoms with E-state index in [1.807, 2.05) is 7.05 Å². The second kappa shape index (κ2) is 5.82. The Labute approximate surface area is 128 Å². The maximum atomic E-state index is 4.91. The van der Waals surface area contributed by atoms with Crippen molar-refractivity contribution in [3.8, 4) is 0 Å². The van der Waals surface area contributed by atoms with Crippen molar-refractivity contribution in [2.45, 2.75) is 64.3 Å². The Kier molecular flexibility index (Phi) is 4.05. The van der Waals surface area contributed by atoms with Gasteiger partial charge in [0, 0.05) is 31.6 Å². The summed E-state index contributed by atoms with van der Waals surface area (Å²) in [7, 11) is 4.17. The zero-order valence-corrected chi connectivity index (χ0v) is 13.8. The van der Waals surface area contributed by atoms with Gasteiger partial charge in [-0.2, -0.15) is 0 Å². The van der Waals surface area contributed by atoms with Crippen molar-refractivity contribution >= 4 is 11.6 Å². The lowest BCUT2D eigenvalue weighted by Gasteiger charge is -2.35. The first-order valence-electron chi connectivity index (χ1n) is 8.39. The van der Waals surface area contributed by atoms with Crippen LogP contribution in [0.5, 0.6) is 0 Å². The molecule has 0 bridgehead atoms. The number of aromatic nitrogens is 2. The molecule has 1 N–H and O–H groups in total. The van der Waals surface area contributed by atoms with Crippen LogP contribution in [0, 0.1) is 12.8 Å². The molecule has 21 heavy (non-hydrogen) atoms. The molecule has 0 aliphatic heterocycles. The fourth-order valence-electron chi connectivity index (χ4n) is 3.44. The van der Waals surface area contributed by atoms with E-state index in [0.717, 1.165) is 23.4 Å². The van der Waals surface area contributed by atoms with Crippen molar-refractivity contribution in [1.29, 1.82) is 0 Å². The SMILES string of the molecule is CNc1nc(C2CC2)nc(N(C)C2CCC(C)CC2)c1C. The van der Waals surface area contributed by atoms with Gasteiger partial charge in [0.25, 0.3) is 0 Å². The maximum absolute atomic E-state index is 4.91. The zero-order chi connectivity index (χ0) is 15.0. The highest BCUT2D eigenvalue weighted by atomic mass is 15.2. The Balaban J connectivity index is 1.87. The maximum Gasteiger partial charge on any atom is 0.137 e. The minimum atomic E-state index is 0.594. The van der Waals surface area contributed by atoms with Crippen LogP contribution in [0.2, 0.25) is 0 Å². The van der Waals surface area contributed by atoms with E-state index in [-0.39, 0.29) is 0 Å². The molecule has 0 radical (unpaired) electrons. The third kappa shape index (κ3) is 2.99.